The number of aromatic nitrogens is 1. The molecule has 0 saturated heterocycles. The molecule has 0 aliphatic heterocycles. The van der Waals surface area contributed by atoms with Crippen LogP contribution in [-0.2, 0) is 11.3 Å². The van der Waals surface area contributed by atoms with Gasteiger partial charge in [0, 0.05) is 23.3 Å². The molecule has 1 aromatic heterocycles. The highest BCUT2D eigenvalue weighted by Gasteiger charge is 2.07. The Morgan fingerprint density at radius 1 is 1.09 bits per heavy atom. The lowest BCUT2D eigenvalue weighted by Crippen LogP contribution is -2.27. The molecule has 1 amide bonds. The van der Waals surface area contributed by atoms with E-state index in [1.165, 1.54) is 16.7 Å². The van der Waals surface area contributed by atoms with E-state index in [-0.39, 0.29) is 23.8 Å². The van der Waals surface area contributed by atoms with Crippen LogP contribution in [0, 0.1) is 0 Å². The zero-order valence-corrected chi connectivity index (χ0v) is 11.7. The van der Waals surface area contributed by atoms with Crippen LogP contribution in [0.1, 0.15) is 0 Å². The largest absolute Gasteiger partial charge is 0.508 e. The average Bonchev–Trinajstić information content (AvgIpc) is 2.50. The third kappa shape index (κ3) is 2.83. The van der Waals surface area contributed by atoms with Gasteiger partial charge in [0.2, 0.25) is 5.91 Å². The van der Waals surface area contributed by atoms with Gasteiger partial charge in [-0.3, -0.25) is 9.59 Å². The standard InChI is InChI=1S/C17H14N2O3/c20-14-6-3-5-13(10-14)18-16(21)11-19-9-8-12-4-1-2-7-15(12)17(19)22/h1-10,20H,11H2,(H,18,21). The molecule has 110 valence electrons. The number of hydrogen-bond acceptors (Lipinski definition) is 3. The van der Waals surface area contributed by atoms with E-state index >= 15 is 0 Å². The van der Waals surface area contributed by atoms with E-state index in [0.717, 1.165) is 5.39 Å². The van der Waals surface area contributed by atoms with Gasteiger partial charge >= 0.3 is 0 Å². The van der Waals surface area contributed by atoms with Gasteiger partial charge in [-0.25, -0.2) is 0 Å². The Balaban J connectivity index is 1.82. The number of benzene rings is 2. The molecule has 2 aromatic carbocycles. The summed E-state index contributed by atoms with van der Waals surface area (Å²) in [6, 6.07) is 15.3. The summed E-state index contributed by atoms with van der Waals surface area (Å²) >= 11 is 0. The topological polar surface area (TPSA) is 71.3 Å². The summed E-state index contributed by atoms with van der Waals surface area (Å²) in [4.78, 5) is 24.3. The minimum atomic E-state index is -0.331. The molecule has 0 saturated carbocycles. The second-order valence-electron chi connectivity index (χ2n) is 4.93. The van der Waals surface area contributed by atoms with Crippen molar-refractivity contribution in [1.82, 2.24) is 4.57 Å². The first-order valence-corrected chi connectivity index (χ1v) is 6.80. The maximum Gasteiger partial charge on any atom is 0.258 e. The molecule has 3 rings (SSSR count). The highest BCUT2D eigenvalue weighted by atomic mass is 16.3. The summed E-state index contributed by atoms with van der Waals surface area (Å²) < 4.78 is 1.36. The summed E-state index contributed by atoms with van der Waals surface area (Å²) in [5.74, 6) is -0.261. The van der Waals surface area contributed by atoms with Crippen LogP contribution in [0.4, 0.5) is 5.69 Å². The quantitative estimate of drug-likeness (QED) is 0.779. The molecule has 0 atom stereocenters. The van der Waals surface area contributed by atoms with Crippen molar-refractivity contribution in [1.29, 1.82) is 0 Å². The molecule has 1 heterocycles. The highest BCUT2D eigenvalue weighted by Crippen LogP contribution is 2.15. The number of anilines is 1. The van der Waals surface area contributed by atoms with Crippen molar-refractivity contribution in [3.63, 3.8) is 0 Å². The van der Waals surface area contributed by atoms with E-state index in [4.69, 9.17) is 0 Å². The smallest absolute Gasteiger partial charge is 0.258 e. The predicted octanol–water partition coefficient (Wildman–Crippen LogP) is 2.35. The van der Waals surface area contributed by atoms with Gasteiger partial charge in [0.1, 0.15) is 12.3 Å². The second kappa shape index (κ2) is 5.73. The molecule has 0 unspecified atom stereocenters. The van der Waals surface area contributed by atoms with E-state index in [9.17, 15) is 14.7 Å². The SMILES string of the molecule is O=C(Cn1ccc2ccccc2c1=O)Nc1cccc(O)c1. The first-order chi connectivity index (χ1) is 10.6. The summed E-state index contributed by atoms with van der Waals surface area (Å²) in [5.41, 5.74) is 0.281. The average molecular weight is 294 g/mol. The Morgan fingerprint density at radius 3 is 2.73 bits per heavy atom. The number of nitrogens with one attached hydrogen (secondary N) is 1. The maximum absolute atomic E-state index is 12.3. The highest BCUT2D eigenvalue weighted by molar-refractivity contribution is 5.91. The van der Waals surface area contributed by atoms with Gasteiger partial charge in [0.15, 0.2) is 0 Å². The Kier molecular flexibility index (Phi) is 3.62. The number of carbonyl (C=O) groups is 1. The molecule has 3 aromatic rings. The van der Waals surface area contributed by atoms with E-state index in [1.807, 2.05) is 12.1 Å². The Bertz CT molecular complexity index is 900. The first kappa shape index (κ1) is 13.9. The molecule has 0 aliphatic rings. The fourth-order valence-electron chi connectivity index (χ4n) is 2.29. The molecule has 0 radical (unpaired) electrons. The molecule has 22 heavy (non-hydrogen) atoms. The van der Waals surface area contributed by atoms with Crippen LogP contribution >= 0.6 is 0 Å². The molecule has 5 heteroatoms. The zero-order valence-electron chi connectivity index (χ0n) is 11.7. The molecule has 2 N–H and O–H groups in total. The number of hydrogen-bond donors (Lipinski definition) is 2. The first-order valence-electron chi connectivity index (χ1n) is 6.80. The minimum Gasteiger partial charge on any atom is -0.508 e. The van der Waals surface area contributed by atoms with Crippen LogP contribution in [0.5, 0.6) is 5.75 Å². The number of rotatable bonds is 3. The third-order valence-electron chi connectivity index (χ3n) is 3.33. The fraction of sp³-hybridized carbons (Fsp3) is 0.0588. The minimum absolute atomic E-state index is 0.0701. The number of pyridine rings is 1. The lowest BCUT2D eigenvalue weighted by atomic mass is 10.2. The lowest BCUT2D eigenvalue weighted by Gasteiger charge is -2.08. The Morgan fingerprint density at radius 2 is 1.91 bits per heavy atom. The number of fused-ring (bicyclic) bond motifs is 1. The number of phenols is 1. The number of phenolic OH excluding ortho intramolecular Hbond substituents is 1. The van der Waals surface area contributed by atoms with Crippen LogP contribution in [0.3, 0.4) is 0 Å². The van der Waals surface area contributed by atoms with Crippen LogP contribution in [0.2, 0.25) is 0 Å². The zero-order chi connectivity index (χ0) is 15.5. The number of aromatic hydroxyl groups is 1. The van der Waals surface area contributed by atoms with Gasteiger partial charge in [-0.05, 0) is 29.7 Å². The monoisotopic (exact) mass is 294 g/mol. The van der Waals surface area contributed by atoms with Gasteiger partial charge in [0.25, 0.3) is 5.56 Å². The van der Waals surface area contributed by atoms with Crippen molar-refractivity contribution in [3.8, 4) is 5.75 Å². The Labute approximate surface area is 126 Å². The number of nitrogens with zero attached hydrogens (tertiary/aromatic N) is 1. The second-order valence-corrected chi connectivity index (χ2v) is 4.93. The van der Waals surface area contributed by atoms with Crippen molar-refractivity contribution in [3.05, 3.63) is 71.1 Å². The molecule has 0 spiro atoms. The van der Waals surface area contributed by atoms with Crippen LogP contribution in [0.25, 0.3) is 10.8 Å². The van der Waals surface area contributed by atoms with E-state index in [1.54, 1.807) is 36.5 Å². The van der Waals surface area contributed by atoms with E-state index in [0.29, 0.717) is 11.1 Å². The molecule has 5 nitrogen and oxygen atoms in total. The number of carbonyl (C=O) groups excluding carboxylic acids is 1. The van der Waals surface area contributed by atoms with Crippen molar-refractivity contribution < 1.29 is 9.90 Å². The van der Waals surface area contributed by atoms with Gasteiger partial charge in [-0.2, -0.15) is 0 Å². The fourth-order valence-corrected chi connectivity index (χ4v) is 2.29. The van der Waals surface area contributed by atoms with Crippen LogP contribution < -0.4 is 10.9 Å². The van der Waals surface area contributed by atoms with E-state index < -0.39 is 0 Å². The maximum atomic E-state index is 12.3. The molecule has 0 bridgehead atoms. The molecular formula is C17H14N2O3. The molecule has 0 fully saturated rings. The van der Waals surface area contributed by atoms with Crippen LogP contribution in [-0.4, -0.2) is 15.6 Å². The predicted molar refractivity (Wildman–Crippen MR) is 84.9 cm³/mol. The van der Waals surface area contributed by atoms with Crippen molar-refractivity contribution in [2.75, 3.05) is 5.32 Å². The summed E-state index contributed by atoms with van der Waals surface area (Å²) in [6.45, 7) is -0.0840. The van der Waals surface area contributed by atoms with Crippen molar-refractivity contribution in [2.24, 2.45) is 0 Å². The summed E-state index contributed by atoms with van der Waals surface area (Å²) in [6.07, 6.45) is 1.60. The molecular weight excluding hydrogens is 280 g/mol. The third-order valence-corrected chi connectivity index (χ3v) is 3.33. The molecule has 0 aliphatic carbocycles. The van der Waals surface area contributed by atoms with Crippen molar-refractivity contribution in [2.45, 2.75) is 6.54 Å². The van der Waals surface area contributed by atoms with Gasteiger partial charge < -0.3 is 15.0 Å². The lowest BCUT2D eigenvalue weighted by molar-refractivity contribution is -0.116. The summed E-state index contributed by atoms with van der Waals surface area (Å²) in [5, 5.41) is 13.4. The van der Waals surface area contributed by atoms with Gasteiger partial charge in [-0.15, -0.1) is 0 Å². The number of amides is 1. The van der Waals surface area contributed by atoms with Crippen molar-refractivity contribution >= 4 is 22.4 Å². The Hall–Kier alpha value is -3.08. The summed E-state index contributed by atoms with van der Waals surface area (Å²) in [7, 11) is 0. The normalized spacial score (nSPS) is 10.5. The van der Waals surface area contributed by atoms with Crippen LogP contribution in [0.15, 0.2) is 65.6 Å². The van der Waals surface area contributed by atoms with Gasteiger partial charge in [0.05, 0.1) is 0 Å². The van der Waals surface area contributed by atoms with Gasteiger partial charge in [-0.1, -0.05) is 24.3 Å². The van der Waals surface area contributed by atoms with E-state index in [2.05, 4.69) is 5.32 Å².